The van der Waals surface area contributed by atoms with Crippen LogP contribution in [0, 0.1) is 0 Å². The molecule has 6 nitrogen and oxygen atoms in total. The van der Waals surface area contributed by atoms with Gasteiger partial charge in [0.15, 0.2) is 0 Å². The average molecular weight is 212 g/mol. The number of carbonyl (C=O) groups excluding carboxylic acids is 1. The second-order valence-corrected chi connectivity index (χ2v) is 3.24. The van der Waals surface area contributed by atoms with Gasteiger partial charge in [0.1, 0.15) is 12.4 Å². The molecule has 84 valence electrons. The van der Waals surface area contributed by atoms with Crippen molar-refractivity contribution in [3.05, 3.63) is 18.2 Å². The number of hydrogen-bond donors (Lipinski definition) is 2. The molecular weight excluding hydrogens is 196 g/mol. The lowest BCUT2D eigenvalue weighted by Gasteiger charge is -2.13. The fourth-order valence-electron chi connectivity index (χ4n) is 1.31. The first-order chi connectivity index (χ1) is 7.11. The molecule has 0 aliphatic rings. The number of nitrogens with two attached hydrogens (primary N) is 1. The Balaban J connectivity index is 2.28. The van der Waals surface area contributed by atoms with Crippen molar-refractivity contribution < 1.29 is 9.53 Å². The van der Waals surface area contributed by atoms with Crippen LogP contribution in [-0.4, -0.2) is 28.8 Å². The molecule has 0 radical (unpaired) electrons. The van der Waals surface area contributed by atoms with E-state index in [0.717, 1.165) is 5.82 Å². The van der Waals surface area contributed by atoms with E-state index in [4.69, 9.17) is 5.73 Å². The van der Waals surface area contributed by atoms with Gasteiger partial charge < -0.3 is 20.4 Å². The molecule has 0 spiro atoms. The van der Waals surface area contributed by atoms with Crippen molar-refractivity contribution in [3.63, 3.8) is 0 Å². The molecule has 0 aromatic carbocycles. The van der Waals surface area contributed by atoms with Crippen molar-refractivity contribution in [2.75, 3.05) is 13.2 Å². The molecule has 1 aromatic rings. The van der Waals surface area contributed by atoms with Crippen LogP contribution < -0.4 is 11.1 Å². The van der Waals surface area contributed by atoms with Crippen LogP contribution in [0.2, 0.25) is 0 Å². The number of amides is 1. The lowest BCUT2D eigenvalue weighted by molar-refractivity contribution is 0.156. The third-order valence-corrected chi connectivity index (χ3v) is 2.04. The number of imidazole rings is 1. The molecule has 0 aliphatic heterocycles. The molecular formula is C9H16N4O2. The summed E-state index contributed by atoms with van der Waals surface area (Å²) in [4.78, 5) is 14.5. The van der Waals surface area contributed by atoms with Crippen molar-refractivity contribution in [3.8, 4) is 0 Å². The summed E-state index contributed by atoms with van der Waals surface area (Å²) in [5.41, 5.74) is 4.82. The normalized spacial score (nSPS) is 12.4. The summed E-state index contributed by atoms with van der Waals surface area (Å²) >= 11 is 0. The molecule has 1 amide bonds. The number of aromatic nitrogens is 2. The molecule has 1 heterocycles. The van der Waals surface area contributed by atoms with Crippen molar-refractivity contribution >= 4 is 6.09 Å². The van der Waals surface area contributed by atoms with E-state index in [0.29, 0.717) is 6.54 Å². The highest BCUT2D eigenvalue weighted by atomic mass is 16.5. The molecule has 0 saturated carbocycles. The number of hydrogen-bond acceptors (Lipinski definition) is 4. The van der Waals surface area contributed by atoms with E-state index in [2.05, 4.69) is 15.0 Å². The quantitative estimate of drug-likeness (QED) is 0.681. The summed E-state index contributed by atoms with van der Waals surface area (Å²) < 4.78 is 6.53. The van der Waals surface area contributed by atoms with Gasteiger partial charge in [-0.2, -0.15) is 0 Å². The maximum atomic E-state index is 10.3. The lowest BCUT2D eigenvalue weighted by Crippen LogP contribution is -2.27. The van der Waals surface area contributed by atoms with Crippen molar-refractivity contribution in [1.29, 1.82) is 0 Å². The highest BCUT2D eigenvalue weighted by molar-refractivity contribution is 5.64. The second kappa shape index (κ2) is 5.35. The lowest BCUT2D eigenvalue weighted by atomic mass is 10.3. The minimum Gasteiger partial charge on any atom is -0.448 e. The molecule has 0 saturated heterocycles. The van der Waals surface area contributed by atoms with Gasteiger partial charge >= 0.3 is 6.09 Å². The smallest absolute Gasteiger partial charge is 0.404 e. The SMILES string of the molecule is CC(NCCOC(N)=O)c1nccn1C. The Hall–Kier alpha value is -1.56. The first-order valence-corrected chi connectivity index (χ1v) is 4.74. The van der Waals surface area contributed by atoms with Gasteiger partial charge in [-0.25, -0.2) is 9.78 Å². The fourth-order valence-corrected chi connectivity index (χ4v) is 1.31. The van der Waals surface area contributed by atoms with Gasteiger partial charge in [-0.15, -0.1) is 0 Å². The Bertz CT molecular complexity index is 324. The summed E-state index contributed by atoms with van der Waals surface area (Å²) in [6.45, 7) is 2.81. The number of carbonyl (C=O) groups is 1. The van der Waals surface area contributed by atoms with Gasteiger partial charge in [0.25, 0.3) is 0 Å². The zero-order valence-corrected chi connectivity index (χ0v) is 8.93. The number of rotatable bonds is 5. The van der Waals surface area contributed by atoms with Crippen LogP contribution in [0.25, 0.3) is 0 Å². The molecule has 1 unspecified atom stereocenters. The van der Waals surface area contributed by atoms with E-state index >= 15 is 0 Å². The van der Waals surface area contributed by atoms with Crippen LogP contribution in [0.3, 0.4) is 0 Å². The molecule has 1 aromatic heterocycles. The summed E-state index contributed by atoms with van der Waals surface area (Å²) in [7, 11) is 1.93. The summed E-state index contributed by atoms with van der Waals surface area (Å²) in [6.07, 6.45) is 2.88. The molecule has 15 heavy (non-hydrogen) atoms. The average Bonchev–Trinajstić information content (AvgIpc) is 2.58. The van der Waals surface area contributed by atoms with Gasteiger partial charge in [0.2, 0.25) is 0 Å². The van der Waals surface area contributed by atoms with E-state index in [9.17, 15) is 4.79 Å². The first-order valence-electron chi connectivity index (χ1n) is 4.74. The van der Waals surface area contributed by atoms with Gasteiger partial charge in [-0.3, -0.25) is 0 Å². The molecule has 1 atom stereocenters. The third kappa shape index (κ3) is 3.59. The van der Waals surface area contributed by atoms with Gasteiger partial charge in [0, 0.05) is 26.0 Å². The minimum absolute atomic E-state index is 0.112. The topological polar surface area (TPSA) is 82.2 Å². The Morgan fingerprint density at radius 2 is 2.53 bits per heavy atom. The van der Waals surface area contributed by atoms with Crippen LogP contribution in [-0.2, 0) is 11.8 Å². The maximum Gasteiger partial charge on any atom is 0.404 e. The maximum absolute atomic E-state index is 10.3. The third-order valence-electron chi connectivity index (χ3n) is 2.04. The Morgan fingerprint density at radius 1 is 1.80 bits per heavy atom. The van der Waals surface area contributed by atoms with Crippen molar-refractivity contribution in [2.45, 2.75) is 13.0 Å². The number of nitrogens with one attached hydrogen (secondary N) is 1. The summed E-state index contributed by atoms with van der Waals surface area (Å²) in [6, 6.07) is 0.112. The van der Waals surface area contributed by atoms with Gasteiger partial charge in [-0.05, 0) is 6.92 Å². The van der Waals surface area contributed by atoms with Gasteiger partial charge in [0.05, 0.1) is 6.04 Å². The minimum atomic E-state index is -0.749. The van der Waals surface area contributed by atoms with E-state index in [1.165, 1.54) is 0 Å². The zero-order chi connectivity index (χ0) is 11.3. The molecule has 0 bridgehead atoms. The van der Waals surface area contributed by atoms with Crippen LogP contribution >= 0.6 is 0 Å². The zero-order valence-electron chi connectivity index (χ0n) is 8.93. The first kappa shape index (κ1) is 11.5. The highest BCUT2D eigenvalue weighted by Crippen LogP contribution is 2.07. The number of ether oxygens (including phenoxy) is 1. The van der Waals surface area contributed by atoms with Crippen molar-refractivity contribution in [2.24, 2.45) is 12.8 Å². The second-order valence-electron chi connectivity index (χ2n) is 3.24. The van der Waals surface area contributed by atoms with E-state index in [-0.39, 0.29) is 12.6 Å². The molecule has 1 rings (SSSR count). The molecule has 0 aliphatic carbocycles. The Kier molecular flexibility index (Phi) is 4.11. The molecule has 3 N–H and O–H groups in total. The van der Waals surface area contributed by atoms with E-state index in [1.54, 1.807) is 6.20 Å². The Morgan fingerprint density at radius 3 is 3.07 bits per heavy atom. The number of aryl methyl sites for hydroxylation is 1. The van der Waals surface area contributed by atoms with Gasteiger partial charge in [-0.1, -0.05) is 0 Å². The van der Waals surface area contributed by atoms with Crippen LogP contribution in [0.1, 0.15) is 18.8 Å². The van der Waals surface area contributed by atoms with Crippen LogP contribution in [0.5, 0.6) is 0 Å². The predicted molar refractivity (Wildman–Crippen MR) is 55.2 cm³/mol. The number of nitrogens with zero attached hydrogens (tertiary/aromatic N) is 2. The number of primary amides is 1. The van der Waals surface area contributed by atoms with Crippen LogP contribution in [0.4, 0.5) is 4.79 Å². The largest absolute Gasteiger partial charge is 0.448 e. The monoisotopic (exact) mass is 212 g/mol. The highest BCUT2D eigenvalue weighted by Gasteiger charge is 2.08. The standard InChI is InChI=1S/C9H16N4O2/c1-7(8-12-3-5-13(8)2)11-4-6-15-9(10)14/h3,5,7,11H,4,6H2,1-2H3,(H2,10,14). The molecule has 6 heteroatoms. The van der Waals surface area contributed by atoms with Crippen LogP contribution in [0.15, 0.2) is 12.4 Å². The summed E-state index contributed by atoms with van der Waals surface area (Å²) in [5.74, 6) is 0.939. The predicted octanol–water partition coefficient (Wildman–Crippen LogP) is 0.166. The molecule has 0 fully saturated rings. The summed E-state index contributed by atoms with van der Waals surface area (Å²) in [5, 5.41) is 3.17. The van der Waals surface area contributed by atoms with E-state index in [1.807, 2.05) is 24.7 Å². The fraction of sp³-hybridized carbons (Fsp3) is 0.556. The Labute approximate surface area is 88.4 Å². The van der Waals surface area contributed by atoms with E-state index < -0.39 is 6.09 Å². The van der Waals surface area contributed by atoms with Crippen molar-refractivity contribution in [1.82, 2.24) is 14.9 Å².